The van der Waals surface area contributed by atoms with Gasteiger partial charge in [-0.25, -0.2) is 4.98 Å². The maximum Gasteiger partial charge on any atom is 0.306 e. The van der Waals surface area contributed by atoms with Crippen LogP contribution in [0.25, 0.3) is 11.3 Å². The normalized spacial score (nSPS) is 10.6. The van der Waals surface area contributed by atoms with E-state index in [4.69, 9.17) is 20.8 Å². The number of aromatic nitrogens is 1. The molecule has 5 heteroatoms. The minimum absolute atomic E-state index is 0.237. The van der Waals surface area contributed by atoms with Gasteiger partial charge in [0.2, 0.25) is 0 Å². The van der Waals surface area contributed by atoms with Gasteiger partial charge in [0, 0.05) is 23.9 Å². The highest BCUT2D eigenvalue weighted by atomic mass is 35.5. The van der Waals surface area contributed by atoms with Gasteiger partial charge in [-0.05, 0) is 19.1 Å². The third-order valence-corrected chi connectivity index (χ3v) is 3.00. The molecular weight excluding hydrogens is 278 g/mol. The molecule has 0 aliphatic heterocycles. The van der Waals surface area contributed by atoms with E-state index in [1.54, 1.807) is 19.9 Å². The first-order valence-electron chi connectivity index (χ1n) is 6.48. The summed E-state index contributed by atoms with van der Waals surface area (Å²) >= 11 is 5.99. The van der Waals surface area contributed by atoms with Gasteiger partial charge >= 0.3 is 5.97 Å². The SMILES string of the molecule is CCOC(=O)CCc1oc(C)nc1-c1cccc(Cl)c1. The largest absolute Gasteiger partial charge is 0.466 e. The summed E-state index contributed by atoms with van der Waals surface area (Å²) in [5, 5.41) is 0.638. The lowest BCUT2D eigenvalue weighted by Crippen LogP contribution is -2.05. The lowest BCUT2D eigenvalue weighted by molar-refractivity contribution is -0.143. The fourth-order valence-electron chi connectivity index (χ4n) is 1.95. The molecule has 0 spiro atoms. The van der Waals surface area contributed by atoms with E-state index < -0.39 is 0 Å². The molecule has 2 rings (SSSR count). The van der Waals surface area contributed by atoms with E-state index >= 15 is 0 Å². The summed E-state index contributed by atoms with van der Waals surface area (Å²) in [4.78, 5) is 15.8. The summed E-state index contributed by atoms with van der Waals surface area (Å²) in [6.45, 7) is 3.95. The van der Waals surface area contributed by atoms with E-state index in [0.29, 0.717) is 29.7 Å². The molecule has 2 aromatic rings. The second-order valence-electron chi connectivity index (χ2n) is 4.32. The number of carbonyl (C=O) groups is 1. The summed E-state index contributed by atoms with van der Waals surface area (Å²) in [6.07, 6.45) is 0.734. The van der Waals surface area contributed by atoms with Crippen LogP contribution in [0, 0.1) is 6.92 Å². The smallest absolute Gasteiger partial charge is 0.306 e. The van der Waals surface area contributed by atoms with Crippen molar-refractivity contribution in [1.82, 2.24) is 4.98 Å². The summed E-state index contributed by atoms with van der Waals surface area (Å²) in [7, 11) is 0. The Bertz CT molecular complexity index is 607. The van der Waals surface area contributed by atoms with Gasteiger partial charge in [-0.1, -0.05) is 23.7 Å². The van der Waals surface area contributed by atoms with Crippen molar-refractivity contribution in [3.05, 3.63) is 40.9 Å². The number of rotatable bonds is 5. The van der Waals surface area contributed by atoms with Gasteiger partial charge in [0.1, 0.15) is 11.5 Å². The van der Waals surface area contributed by atoms with Crippen LogP contribution in [-0.4, -0.2) is 17.6 Å². The van der Waals surface area contributed by atoms with Crippen molar-refractivity contribution >= 4 is 17.6 Å². The first kappa shape index (κ1) is 14.6. The van der Waals surface area contributed by atoms with Gasteiger partial charge in [-0.2, -0.15) is 0 Å². The predicted molar refractivity (Wildman–Crippen MR) is 76.6 cm³/mol. The number of hydrogen-bond donors (Lipinski definition) is 0. The molecule has 20 heavy (non-hydrogen) atoms. The highest BCUT2D eigenvalue weighted by Gasteiger charge is 2.15. The fourth-order valence-corrected chi connectivity index (χ4v) is 2.14. The van der Waals surface area contributed by atoms with Crippen molar-refractivity contribution in [3.63, 3.8) is 0 Å². The van der Waals surface area contributed by atoms with Crippen LogP contribution >= 0.6 is 11.6 Å². The molecule has 0 saturated heterocycles. The van der Waals surface area contributed by atoms with Crippen molar-refractivity contribution in [2.24, 2.45) is 0 Å². The van der Waals surface area contributed by atoms with Crippen LogP contribution in [0.3, 0.4) is 0 Å². The average molecular weight is 294 g/mol. The highest BCUT2D eigenvalue weighted by Crippen LogP contribution is 2.27. The lowest BCUT2D eigenvalue weighted by Gasteiger charge is -2.02. The Morgan fingerprint density at radius 2 is 2.25 bits per heavy atom. The fraction of sp³-hybridized carbons (Fsp3) is 0.333. The zero-order chi connectivity index (χ0) is 14.5. The van der Waals surface area contributed by atoms with Crippen LogP contribution < -0.4 is 0 Å². The average Bonchev–Trinajstić information content (AvgIpc) is 2.78. The third-order valence-electron chi connectivity index (χ3n) is 2.76. The number of hydrogen-bond acceptors (Lipinski definition) is 4. The second-order valence-corrected chi connectivity index (χ2v) is 4.76. The zero-order valence-electron chi connectivity index (χ0n) is 11.5. The number of carbonyl (C=O) groups excluding carboxylic acids is 1. The Balaban J connectivity index is 2.20. The molecule has 0 aliphatic carbocycles. The van der Waals surface area contributed by atoms with E-state index in [9.17, 15) is 4.79 Å². The Labute approximate surface area is 122 Å². The molecule has 0 aliphatic rings. The Morgan fingerprint density at radius 1 is 1.45 bits per heavy atom. The molecule has 1 aromatic carbocycles. The van der Waals surface area contributed by atoms with Crippen molar-refractivity contribution < 1.29 is 13.9 Å². The van der Waals surface area contributed by atoms with Gasteiger partial charge in [-0.15, -0.1) is 0 Å². The van der Waals surface area contributed by atoms with E-state index in [-0.39, 0.29) is 12.4 Å². The number of halogens is 1. The summed E-state index contributed by atoms with van der Waals surface area (Å²) in [5.74, 6) is 1.01. The molecular formula is C15H16ClNO3. The molecule has 4 nitrogen and oxygen atoms in total. The number of aryl methyl sites for hydroxylation is 2. The number of oxazole rings is 1. The van der Waals surface area contributed by atoms with Gasteiger partial charge in [-0.3, -0.25) is 4.79 Å². The molecule has 0 N–H and O–H groups in total. The summed E-state index contributed by atoms with van der Waals surface area (Å²) in [6, 6.07) is 7.40. The number of benzene rings is 1. The first-order chi connectivity index (χ1) is 9.60. The van der Waals surface area contributed by atoms with E-state index in [2.05, 4.69) is 4.98 Å². The summed E-state index contributed by atoms with van der Waals surface area (Å²) in [5.41, 5.74) is 1.61. The highest BCUT2D eigenvalue weighted by molar-refractivity contribution is 6.30. The number of nitrogens with zero attached hydrogens (tertiary/aromatic N) is 1. The second kappa shape index (κ2) is 6.57. The van der Waals surface area contributed by atoms with Crippen molar-refractivity contribution in [2.75, 3.05) is 6.61 Å². The van der Waals surface area contributed by atoms with Crippen LogP contribution in [0.1, 0.15) is 25.0 Å². The molecule has 106 valence electrons. The molecule has 0 radical (unpaired) electrons. The maximum atomic E-state index is 11.4. The van der Waals surface area contributed by atoms with Crippen molar-refractivity contribution in [1.29, 1.82) is 0 Å². The Hall–Kier alpha value is -1.81. The molecule has 0 saturated carbocycles. The molecule has 0 fully saturated rings. The van der Waals surface area contributed by atoms with Crippen molar-refractivity contribution in [3.8, 4) is 11.3 Å². The van der Waals surface area contributed by atoms with Crippen LogP contribution in [0.2, 0.25) is 5.02 Å². The van der Waals surface area contributed by atoms with Crippen molar-refractivity contribution in [2.45, 2.75) is 26.7 Å². The standard InChI is InChI=1S/C15H16ClNO3/c1-3-19-14(18)8-7-13-15(17-10(2)20-13)11-5-4-6-12(16)9-11/h4-6,9H,3,7-8H2,1-2H3. The monoisotopic (exact) mass is 293 g/mol. The van der Waals surface area contributed by atoms with Crippen LogP contribution in [0.4, 0.5) is 0 Å². The molecule has 0 atom stereocenters. The molecule has 0 unspecified atom stereocenters. The zero-order valence-corrected chi connectivity index (χ0v) is 12.2. The van der Waals surface area contributed by atoms with Gasteiger partial charge in [0.25, 0.3) is 0 Å². The topological polar surface area (TPSA) is 52.3 Å². The minimum Gasteiger partial charge on any atom is -0.466 e. The van der Waals surface area contributed by atoms with E-state index in [1.807, 2.05) is 18.2 Å². The molecule has 1 heterocycles. The van der Waals surface area contributed by atoms with Crippen LogP contribution in [0.5, 0.6) is 0 Å². The minimum atomic E-state index is -0.237. The maximum absolute atomic E-state index is 11.4. The van der Waals surface area contributed by atoms with Crippen LogP contribution in [-0.2, 0) is 16.0 Å². The Kier molecular flexibility index (Phi) is 4.79. The third kappa shape index (κ3) is 3.61. The molecule has 1 aromatic heterocycles. The Morgan fingerprint density at radius 3 is 2.95 bits per heavy atom. The van der Waals surface area contributed by atoms with Gasteiger partial charge in [0.15, 0.2) is 5.89 Å². The number of esters is 1. The first-order valence-corrected chi connectivity index (χ1v) is 6.85. The lowest BCUT2D eigenvalue weighted by atomic mass is 10.1. The van der Waals surface area contributed by atoms with Gasteiger partial charge in [0.05, 0.1) is 13.0 Å². The van der Waals surface area contributed by atoms with E-state index in [1.165, 1.54) is 0 Å². The van der Waals surface area contributed by atoms with Crippen LogP contribution in [0.15, 0.2) is 28.7 Å². The molecule has 0 bridgehead atoms. The molecule has 0 amide bonds. The number of ether oxygens (including phenoxy) is 1. The van der Waals surface area contributed by atoms with E-state index in [0.717, 1.165) is 11.3 Å². The van der Waals surface area contributed by atoms with Gasteiger partial charge < -0.3 is 9.15 Å². The quantitative estimate of drug-likeness (QED) is 0.787. The predicted octanol–water partition coefficient (Wildman–Crippen LogP) is 3.80. The summed E-state index contributed by atoms with van der Waals surface area (Å²) < 4.78 is 10.5.